The monoisotopic (exact) mass is 217 g/mol. The highest BCUT2D eigenvalue weighted by Gasteiger charge is 2.15. The van der Waals surface area contributed by atoms with Crippen molar-refractivity contribution in [3.63, 3.8) is 0 Å². The van der Waals surface area contributed by atoms with Crippen molar-refractivity contribution >= 4 is 16.0 Å². The van der Waals surface area contributed by atoms with E-state index in [0.717, 1.165) is 4.31 Å². The van der Waals surface area contributed by atoms with Gasteiger partial charge in [-0.2, -0.15) is 12.7 Å². The van der Waals surface area contributed by atoms with Gasteiger partial charge in [0.25, 0.3) is 0 Å². The molecule has 0 aliphatic carbocycles. The molecule has 0 bridgehead atoms. The lowest BCUT2D eigenvalue weighted by Gasteiger charge is -2.12. The van der Waals surface area contributed by atoms with Crippen LogP contribution in [0.15, 0.2) is 18.3 Å². The van der Waals surface area contributed by atoms with E-state index in [1.54, 1.807) is 0 Å². The Morgan fingerprint density at radius 1 is 1.50 bits per heavy atom. The highest BCUT2D eigenvalue weighted by Crippen LogP contribution is 2.19. The van der Waals surface area contributed by atoms with Crippen LogP contribution in [0.1, 0.15) is 0 Å². The highest BCUT2D eigenvalue weighted by molar-refractivity contribution is 7.90. The van der Waals surface area contributed by atoms with Gasteiger partial charge in [-0.1, -0.05) is 0 Å². The van der Waals surface area contributed by atoms with Gasteiger partial charge in [-0.25, -0.2) is 4.98 Å². The van der Waals surface area contributed by atoms with Crippen LogP contribution >= 0.6 is 0 Å². The van der Waals surface area contributed by atoms with Gasteiger partial charge in [0.1, 0.15) is 0 Å². The second kappa shape index (κ2) is 3.81. The van der Waals surface area contributed by atoms with Crippen molar-refractivity contribution in [2.45, 2.75) is 0 Å². The predicted octanol–water partition coefficient (Wildman–Crippen LogP) is 0.00550. The van der Waals surface area contributed by atoms with E-state index in [-0.39, 0.29) is 11.6 Å². The number of nitrogens with one attached hydrogen (secondary N) is 1. The molecule has 14 heavy (non-hydrogen) atoms. The summed E-state index contributed by atoms with van der Waals surface area (Å²) >= 11 is 0. The minimum Gasteiger partial charge on any atom is -0.504 e. The standard InChI is InChI=1S/C7H11N3O3S/c1-10(2)14(12,13)9-7-6(11)4-3-5-8-7/h3-5,11H,1-2H3,(H,8,9). The first kappa shape index (κ1) is 10.7. The Labute approximate surface area is 82.4 Å². The van der Waals surface area contributed by atoms with E-state index < -0.39 is 10.2 Å². The SMILES string of the molecule is CN(C)S(=O)(=O)Nc1ncccc1O. The zero-order valence-corrected chi connectivity index (χ0v) is 8.61. The van der Waals surface area contributed by atoms with Gasteiger partial charge in [-0.3, -0.25) is 4.72 Å². The van der Waals surface area contributed by atoms with Crippen molar-refractivity contribution in [1.29, 1.82) is 0 Å². The average molecular weight is 217 g/mol. The molecular weight excluding hydrogens is 206 g/mol. The number of rotatable bonds is 3. The number of aromatic hydroxyl groups is 1. The largest absolute Gasteiger partial charge is 0.504 e. The Kier molecular flexibility index (Phi) is 2.92. The minimum atomic E-state index is -3.61. The first-order valence-corrected chi connectivity index (χ1v) is 5.22. The molecule has 1 aromatic rings. The van der Waals surface area contributed by atoms with E-state index in [9.17, 15) is 13.5 Å². The Hall–Kier alpha value is -1.34. The number of pyridine rings is 1. The molecule has 0 spiro atoms. The van der Waals surface area contributed by atoms with E-state index in [2.05, 4.69) is 9.71 Å². The van der Waals surface area contributed by atoms with Gasteiger partial charge in [0, 0.05) is 20.3 Å². The van der Waals surface area contributed by atoms with E-state index in [0.29, 0.717) is 0 Å². The second-order valence-electron chi connectivity index (χ2n) is 2.76. The highest BCUT2D eigenvalue weighted by atomic mass is 32.2. The van der Waals surface area contributed by atoms with E-state index in [1.807, 2.05) is 0 Å². The second-order valence-corrected chi connectivity index (χ2v) is 4.65. The fourth-order valence-corrected chi connectivity index (χ4v) is 1.27. The summed E-state index contributed by atoms with van der Waals surface area (Å²) in [5.41, 5.74) is 0. The molecule has 2 N–H and O–H groups in total. The molecule has 0 radical (unpaired) electrons. The molecule has 6 nitrogen and oxygen atoms in total. The quantitative estimate of drug-likeness (QED) is 0.747. The van der Waals surface area contributed by atoms with Crippen LogP contribution in [0.3, 0.4) is 0 Å². The lowest BCUT2D eigenvalue weighted by molar-refractivity contribution is 0.474. The lowest BCUT2D eigenvalue weighted by Crippen LogP contribution is -2.29. The molecule has 0 amide bonds. The normalized spacial score (nSPS) is 11.6. The first-order chi connectivity index (χ1) is 6.43. The summed E-state index contributed by atoms with van der Waals surface area (Å²) < 4.78 is 25.7. The lowest BCUT2D eigenvalue weighted by atomic mass is 10.4. The first-order valence-electron chi connectivity index (χ1n) is 3.78. The average Bonchev–Trinajstić information content (AvgIpc) is 2.08. The third kappa shape index (κ3) is 2.33. The molecule has 0 aromatic carbocycles. The molecule has 0 aliphatic rings. The van der Waals surface area contributed by atoms with Crippen LogP contribution in [0.5, 0.6) is 5.75 Å². The van der Waals surface area contributed by atoms with Crippen molar-refractivity contribution in [3.8, 4) is 5.75 Å². The molecule has 1 heterocycles. The van der Waals surface area contributed by atoms with Crippen LogP contribution in [0.25, 0.3) is 0 Å². The van der Waals surface area contributed by atoms with Crippen LogP contribution in [0.2, 0.25) is 0 Å². The summed E-state index contributed by atoms with van der Waals surface area (Å²) in [6, 6.07) is 2.85. The van der Waals surface area contributed by atoms with E-state index >= 15 is 0 Å². The van der Waals surface area contributed by atoms with Crippen LogP contribution < -0.4 is 4.72 Å². The maximum absolute atomic E-state index is 11.3. The summed E-state index contributed by atoms with van der Waals surface area (Å²) in [5, 5.41) is 9.25. The summed E-state index contributed by atoms with van der Waals surface area (Å²) in [5.74, 6) is -0.292. The Morgan fingerprint density at radius 3 is 2.64 bits per heavy atom. The van der Waals surface area contributed by atoms with Crippen LogP contribution in [-0.4, -0.2) is 36.9 Å². The molecular formula is C7H11N3O3S. The van der Waals surface area contributed by atoms with Crippen LogP contribution in [-0.2, 0) is 10.2 Å². The third-order valence-electron chi connectivity index (χ3n) is 1.49. The van der Waals surface area contributed by atoms with Gasteiger partial charge in [0.15, 0.2) is 11.6 Å². The van der Waals surface area contributed by atoms with Gasteiger partial charge in [-0.05, 0) is 12.1 Å². The smallest absolute Gasteiger partial charge is 0.302 e. The Balaban J connectivity index is 2.96. The third-order valence-corrected chi connectivity index (χ3v) is 2.91. The fraction of sp³-hybridized carbons (Fsp3) is 0.286. The van der Waals surface area contributed by atoms with Crippen molar-refractivity contribution < 1.29 is 13.5 Å². The molecule has 1 aromatic heterocycles. The van der Waals surface area contributed by atoms with Crippen molar-refractivity contribution in [3.05, 3.63) is 18.3 Å². The molecule has 0 aliphatic heterocycles. The summed E-state index contributed by atoms with van der Waals surface area (Å²) in [6.45, 7) is 0. The molecule has 0 saturated heterocycles. The number of nitrogens with zero attached hydrogens (tertiary/aromatic N) is 2. The van der Waals surface area contributed by atoms with Gasteiger partial charge in [0.2, 0.25) is 0 Å². The minimum absolute atomic E-state index is 0.0822. The maximum Gasteiger partial charge on any atom is 0.302 e. The van der Waals surface area contributed by atoms with Crippen molar-refractivity contribution in [1.82, 2.24) is 9.29 Å². The van der Waals surface area contributed by atoms with Crippen molar-refractivity contribution in [2.24, 2.45) is 0 Å². The van der Waals surface area contributed by atoms with E-state index in [1.165, 1.54) is 32.4 Å². The zero-order valence-electron chi connectivity index (χ0n) is 7.80. The maximum atomic E-state index is 11.3. The summed E-state index contributed by atoms with van der Waals surface area (Å²) in [4.78, 5) is 3.68. The summed E-state index contributed by atoms with van der Waals surface area (Å²) in [6.07, 6.45) is 1.38. The summed E-state index contributed by atoms with van der Waals surface area (Å²) in [7, 11) is -0.858. The van der Waals surface area contributed by atoms with Gasteiger partial charge in [-0.15, -0.1) is 0 Å². The Bertz CT molecular complexity index is 416. The molecule has 7 heteroatoms. The molecule has 0 saturated carbocycles. The predicted molar refractivity (Wildman–Crippen MR) is 52.1 cm³/mol. The van der Waals surface area contributed by atoms with Crippen molar-refractivity contribution in [2.75, 3.05) is 18.8 Å². The molecule has 0 unspecified atom stereocenters. The zero-order chi connectivity index (χ0) is 10.8. The molecule has 78 valence electrons. The van der Waals surface area contributed by atoms with Crippen LogP contribution in [0, 0.1) is 0 Å². The number of hydrogen-bond donors (Lipinski definition) is 2. The topological polar surface area (TPSA) is 82.5 Å². The van der Waals surface area contributed by atoms with Gasteiger partial charge < -0.3 is 5.11 Å². The van der Waals surface area contributed by atoms with E-state index in [4.69, 9.17) is 0 Å². The molecule has 0 fully saturated rings. The van der Waals surface area contributed by atoms with Crippen LogP contribution in [0.4, 0.5) is 5.82 Å². The number of hydrogen-bond acceptors (Lipinski definition) is 4. The number of anilines is 1. The molecule has 1 rings (SSSR count). The van der Waals surface area contributed by atoms with Gasteiger partial charge >= 0.3 is 10.2 Å². The number of aromatic nitrogens is 1. The molecule has 0 atom stereocenters. The fourth-order valence-electron chi connectivity index (χ4n) is 0.689. The Morgan fingerprint density at radius 2 is 2.14 bits per heavy atom. The van der Waals surface area contributed by atoms with Gasteiger partial charge in [0.05, 0.1) is 0 Å².